The van der Waals surface area contributed by atoms with Crippen LogP contribution in [-0.4, -0.2) is 40.8 Å². The molecule has 0 bridgehead atoms. The highest BCUT2D eigenvalue weighted by Gasteiger charge is 2.26. The highest BCUT2D eigenvalue weighted by molar-refractivity contribution is 5.72. The number of hydrogen-bond acceptors (Lipinski definition) is 4. The zero-order valence-electron chi connectivity index (χ0n) is 12.1. The number of carbonyl (C=O) groups is 1. The minimum Gasteiger partial charge on any atom is -0.469 e. The van der Waals surface area contributed by atoms with Crippen LogP contribution in [0.25, 0.3) is 0 Å². The monoisotopic (exact) mass is 265 g/mol. The van der Waals surface area contributed by atoms with Crippen LogP contribution in [0.1, 0.15) is 31.2 Å². The lowest BCUT2D eigenvalue weighted by atomic mass is 9.98. The van der Waals surface area contributed by atoms with Gasteiger partial charge in [-0.05, 0) is 31.9 Å². The Bertz CT molecular complexity index is 442. The molecule has 1 fully saturated rings. The third-order valence-electron chi connectivity index (χ3n) is 3.82. The Labute approximate surface area is 114 Å². The molecule has 5 nitrogen and oxygen atoms in total. The lowest BCUT2D eigenvalue weighted by molar-refractivity contribution is -0.147. The van der Waals surface area contributed by atoms with E-state index in [0.29, 0.717) is 0 Å². The van der Waals surface area contributed by atoms with Gasteiger partial charge in [-0.15, -0.1) is 0 Å². The molecule has 1 aliphatic heterocycles. The summed E-state index contributed by atoms with van der Waals surface area (Å²) in [6.45, 7) is 4.80. The molecule has 0 amide bonds. The first kappa shape index (κ1) is 14.1. The van der Waals surface area contributed by atoms with Gasteiger partial charge in [-0.1, -0.05) is 6.92 Å². The Morgan fingerprint density at radius 2 is 2.37 bits per heavy atom. The van der Waals surface area contributed by atoms with Crippen molar-refractivity contribution in [2.45, 2.75) is 32.7 Å². The van der Waals surface area contributed by atoms with Gasteiger partial charge in [0.05, 0.1) is 24.4 Å². The van der Waals surface area contributed by atoms with Crippen molar-refractivity contribution in [1.82, 2.24) is 14.7 Å². The number of aromatic nitrogens is 2. The molecule has 19 heavy (non-hydrogen) atoms. The largest absolute Gasteiger partial charge is 0.469 e. The maximum Gasteiger partial charge on any atom is 0.309 e. The van der Waals surface area contributed by atoms with Gasteiger partial charge in [-0.25, -0.2) is 0 Å². The van der Waals surface area contributed by atoms with E-state index < -0.39 is 0 Å². The fourth-order valence-electron chi connectivity index (χ4n) is 2.68. The van der Waals surface area contributed by atoms with Crippen LogP contribution in [0.5, 0.6) is 0 Å². The zero-order chi connectivity index (χ0) is 13.8. The fourth-order valence-corrected chi connectivity index (χ4v) is 2.68. The van der Waals surface area contributed by atoms with Crippen molar-refractivity contribution < 1.29 is 9.53 Å². The predicted molar refractivity (Wildman–Crippen MR) is 72.6 cm³/mol. The molecule has 1 aromatic rings. The molecule has 0 unspecified atom stereocenters. The molecule has 5 heteroatoms. The van der Waals surface area contributed by atoms with Gasteiger partial charge in [0.1, 0.15) is 0 Å². The van der Waals surface area contributed by atoms with Crippen LogP contribution >= 0.6 is 0 Å². The average molecular weight is 265 g/mol. The SMILES string of the molecule is CCc1cc(CN2CCC[C@H](C(=O)OC)C2)n(C)n1. The summed E-state index contributed by atoms with van der Waals surface area (Å²) in [5.41, 5.74) is 2.33. The lowest BCUT2D eigenvalue weighted by Crippen LogP contribution is -2.39. The molecule has 1 aromatic heterocycles. The Kier molecular flexibility index (Phi) is 4.58. The first-order chi connectivity index (χ1) is 9.13. The summed E-state index contributed by atoms with van der Waals surface area (Å²) in [5, 5.41) is 4.46. The van der Waals surface area contributed by atoms with Crippen LogP contribution in [-0.2, 0) is 29.5 Å². The third kappa shape index (κ3) is 3.35. The molecule has 0 radical (unpaired) electrons. The number of nitrogens with zero attached hydrogens (tertiary/aromatic N) is 3. The van der Waals surface area contributed by atoms with Gasteiger partial charge in [-0.2, -0.15) is 5.10 Å². The number of carbonyl (C=O) groups excluding carboxylic acids is 1. The Morgan fingerprint density at radius 3 is 3.00 bits per heavy atom. The molecule has 0 spiro atoms. The molecule has 1 aliphatic rings. The number of methoxy groups -OCH3 is 1. The Balaban J connectivity index is 1.98. The average Bonchev–Trinajstić information content (AvgIpc) is 2.79. The van der Waals surface area contributed by atoms with E-state index in [-0.39, 0.29) is 11.9 Å². The summed E-state index contributed by atoms with van der Waals surface area (Å²) in [4.78, 5) is 13.9. The number of likely N-dealkylation sites (tertiary alicyclic amines) is 1. The standard InChI is InChI=1S/C14H23N3O2/c1-4-12-8-13(16(2)15-12)10-17-7-5-6-11(9-17)14(18)19-3/h8,11H,4-7,9-10H2,1-3H3/t11-/m0/s1. The van der Waals surface area contributed by atoms with Gasteiger partial charge in [0.15, 0.2) is 0 Å². The van der Waals surface area contributed by atoms with Gasteiger partial charge >= 0.3 is 5.97 Å². The van der Waals surface area contributed by atoms with E-state index in [9.17, 15) is 4.79 Å². The van der Waals surface area contributed by atoms with E-state index >= 15 is 0 Å². The summed E-state index contributed by atoms with van der Waals surface area (Å²) in [7, 11) is 3.45. The molecule has 1 atom stereocenters. The number of piperidine rings is 1. The maximum absolute atomic E-state index is 11.6. The van der Waals surface area contributed by atoms with Crippen molar-refractivity contribution in [3.05, 3.63) is 17.5 Å². The highest BCUT2D eigenvalue weighted by Crippen LogP contribution is 2.19. The maximum atomic E-state index is 11.6. The molecule has 2 rings (SSSR count). The summed E-state index contributed by atoms with van der Waals surface area (Å²) in [6.07, 6.45) is 2.95. The number of rotatable bonds is 4. The van der Waals surface area contributed by atoms with Gasteiger partial charge in [0.2, 0.25) is 0 Å². The lowest BCUT2D eigenvalue weighted by Gasteiger charge is -2.31. The van der Waals surface area contributed by atoms with Crippen LogP contribution in [0.3, 0.4) is 0 Å². The molecule has 106 valence electrons. The van der Waals surface area contributed by atoms with Crippen LogP contribution in [0, 0.1) is 5.92 Å². The normalized spacial score (nSPS) is 20.5. The minimum absolute atomic E-state index is 0.0256. The van der Waals surface area contributed by atoms with Gasteiger partial charge in [0, 0.05) is 20.1 Å². The third-order valence-corrected chi connectivity index (χ3v) is 3.82. The van der Waals surface area contributed by atoms with Crippen LogP contribution in [0.2, 0.25) is 0 Å². The van der Waals surface area contributed by atoms with Gasteiger partial charge in [0.25, 0.3) is 0 Å². The molecule has 0 N–H and O–H groups in total. The molecular weight excluding hydrogens is 242 g/mol. The molecule has 0 saturated carbocycles. The molecule has 1 saturated heterocycles. The van der Waals surface area contributed by atoms with Crippen LogP contribution in [0.15, 0.2) is 6.07 Å². The van der Waals surface area contributed by atoms with Crippen LogP contribution < -0.4 is 0 Å². The second kappa shape index (κ2) is 6.19. The van der Waals surface area contributed by atoms with Crippen molar-refractivity contribution in [1.29, 1.82) is 0 Å². The fraction of sp³-hybridized carbons (Fsp3) is 0.714. The predicted octanol–water partition coefficient (Wildman–Crippen LogP) is 1.37. The number of hydrogen-bond donors (Lipinski definition) is 0. The number of esters is 1. The second-order valence-electron chi connectivity index (χ2n) is 5.20. The molecule has 0 aromatic carbocycles. The molecular formula is C14H23N3O2. The van der Waals surface area contributed by atoms with Gasteiger partial charge < -0.3 is 4.74 Å². The van der Waals surface area contributed by atoms with Crippen molar-refractivity contribution in [2.75, 3.05) is 20.2 Å². The van der Waals surface area contributed by atoms with E-state index in [0.717, 1.165) is 44.6 Å². The van der Waals surface area contributed by atoms with Crippen molar-refractivity contribution in [3.8, 4) is 0 Å². The second-order valence-corrected chi connectivity index (χ2v) is 5.20. The van der Waals surface area contributed by atoms with Crippen molar-refractivity contribution >= 4 is 5.97 Å². The Hall–Kier alpha value is -1.36. The zero-order valence-corrected chi connectivity index (χ0v) is 12.1. The number of aryl methyl sites for hydroxylation is 2. The highest BCUT2D eigenvalue weighted by atomic mass is 16.5. The summed E-state index contributed by atoms with van der Waals surface area (Å²) in [5.74, 6) is -0.0541. The minimum atomic E-state index is -0.0797. The Morgan fingerprint density at radius 1 is 1.58 bits per heavy atom. The van der Waals surface area contributed by atoms with Crippen molar-refractivity contribution in [2.24, 2.45) is 13.0 Å². The van der Waals surface area contributed by atoms with E-state index in [2.05, 4.69) is 23.0 Å². The van der Waals surface area contributed by atoms with Crippen molar-refractivity contribution in [3.63, 3.8) is 0 Å². The summed E-state index contributed by atoms with van der Waals surface area (Å²) >= 11 is 0. The quantitative estimate of drug-likeness (QED) is 0.771. The number of ether oxygens (including phenoxy) is 1. The summed E-state index contributed by atoms with van der Waals surface area (Å²) < 4.78 is 6.80. The van der Waals surface area contributed by atoms with E-state index in [1.807, 2.05) is 11.7 Å². The van der Waals surface area contributed by atoms with Gasteiger partial charge in [-0.3, -0.25) is 14.4 Å². The topological polar surface area (TPSA) is 47.4 Å². The van der Waals surface area contributed by atoms with Crippen LogP contribution in [0.4, 0.5) is 0 Å². The molecule has 0 aliphatic carbocycles. The molecule has 2 heterocycles. The summed E-state index contributed by atoms with van der Waals surface area (Å²) in [6, 6.07) is 2.15. The van der Waals surface area contributed by atoms with E-state index in [1.165, 1.54) is 12.8 Å². The van der Waals surface area contributed by atoms with E-state index in [1.54, 1.807) is 0 Å². The van der Waals surface area contributed by atoms with E-state index in [4.69, 9.17) is 4.74 Å². The first-order valence-electron chi connectivity index (χ1n) is 6.96. The first-order valence-corrected chi connectivity index (χ1v) is 6.96. The smallest absolute Gasteiger partial charge is 0.309 e.